The molecule has 0 heterocycles. The van der Waals surface area contributed by atoms with Crippen molar-refractivity contribution in [2.24, 2.45) is 0 Å². The summed E-state index contributed by atoms with van der Waals surface area (Å²) < 4.78 is 5.29. The molecule has 0 aliphatic rings. The van der Waals surface area contributed by atoms with Crippen molar-refractivity contribution in [2.75, 3.05) is 19.8 Å². The van der Waals surface area contributed by atoms with Crippen LogP contribution in [0.15, 0.2) is 12.2 Å². The smallest absolute Gasteiger partial charge is 0.100 e. The summed E-state index contributed by atoms with van der Waals surface area (Å²) in [5, 5.41) is 17.8. The first-order chi connectivity index (χ1) is 11.8. The molecule has 0 saturated heterocycles. The minimum Gasteiger partial charge on any atom is -0.394 e. The Labute approximate surface area is 150 Å². The van der Waals surface area contributed by atoms with E-state index in [0.29, 0.717) is 6.61 Å². The van der Waals surface area contributed by atoms with Crippen molar-refractivity contribution < 1.29 is 14.9 Å². The van der Waals surface area contributed by atoms with Crippen LogP contribution in [0.2, 0.25) is 0 Å². The molecular formula is C21H42O3. The average Bonchev–Trinajstić information content (AvgIpc) is 2.60. The van der Waals surface area contributed by atoms with E-state index in [1.807, 2.05) is 0 Å². The van der Waals surface area contributed by atoms with Crippen molar-refractivity contribution in [3.63, 3.8) is 0 Å². The van der Waals surface area contributed by atoms with E-state index in [0.717, 1.165) is 6.42 Å². The lowest BCUT2D eigenvalue weighted by Crippen LogP contribution is -2.19. The van der Waals surface area contributed by atoms with Crippen molar-refractivity contribution in [1.82, 2.24) is 0 Å². The molecule has 24 heavy (non-hydrogen) atoms. The minimum absolute atomic E-state index is 0.215. The van der Waals surface area contributed by atoms with E-state index in [9.17, 15) is 0 Å². The highest BCUT2D eigenvalue weighted by molar-refractivity contribution is 4.81. The van der Waals surface area contributed by atoms with Gasteiger partial charge in [-0.05, 0) is 32.1 Å². The van der Waals surface area contributed by atoms with Gasteiger partial charge in [-0.2, -0.15) is 0 Å². The van der Waals surface area contributed by atoms with Gasteiger partial charge in [-0.3, -0.25) is 0 Å². The van der Waals surface area contributed by atoms with Crippen LogP contribution in [0.4, 0.5) is 0 Å². The summed E-state index contributed by atoms with van der Waals surface area (Å²) in [6.07, 6.45) is 22.3. The molecule has 1 atom stereocenters. The van der Waals surface area contributed by atoms with E-state index < -0.39 is 6.10 Å². The first-order valence-electron chi connectivity index (χ1n) is 10.3. The largest absolute Gasteiger partial charge is 0.394 e. The van der Waals surface area contributed by atoms with E-state index in [2.05, 4.69) is 19.1 Å². The molecule has 0 unspecified atom stereocenters. The van der Waals surface area contributed by atoms with Crippen molar-refractivity contribution in [3.05, 3.63) is 12.2 Å². The van der Waals surface area contributed by atoms with E-state index in [1.54, 1.807) is 0 Å². The van der Waals surface area contributed by atoms with Gasteiger partial charge >= 0.3 is 0 Å². The number of ether oxygens (including phenoxy) is 1. The SMILES string of the molecule is CCCCCCCC/C=C\CCCCCCCCOC[C@@H](O)CO. The molecule has 0 bridgehead atoms. The summed E-state index contributed by atoms with van der Waals surface area (Å²) in [4.78, 5) is 0. The van der Waals surface area contributed by atoms with E-state index in [1.165, 1.54) is 83.5 Å². The molecule has 0 saturated carbocycles. The van der Waals surface area contributed by atoms with Gasteiger partial charge in [-0.25, -0.2) is 0 Å². The zero-order valence-corrected chi connectivity index (χ0v) is 16.1. The Kier molecular flexibility index (Phi) is 20.3. The Bertz CT molecular complexity index is 253. The predicted octanol–water partition coefficient (Wildman–Crippen LogP) is 5.39. The molecule has 2 N–H and O–H groups in total. The number of rotatable bonds is 19. The number of hydrogen-bond donors (Lipinski definition) is 2. The summed E-state index contributed by atoms with van der Waals surface area (Å²) in [5.41, 5.74) is 0. The molecule has 0 aromatic heterocycles. The summed E-state index contributed by atoms with van der Waals surface area (Å²) in [6.45, 7) is 3.00. The third-order valence-corrected chi connectivity index (χ3v) is 4.32. The zero-order valence-electron chi connectivity index (χ0n) is 16.1. The van der Waals surface area contributed by atoms with Gasteiger partial charge in [0, 0.05) is 6.61 Å². The molecule has 0 aromatic rings. The van der Waals surface area contributed by atoms with Gasteiger partial charge in [0.2, 0.25) is 0 Å². The number of hydrogen-bond acceptors (Lipinski definition) is 3. The third-order valence-electron chi connectivity index (χ3n) is 4.32. The molecule has 0 aromatic carbocycles. The monoisotopic (exact) mass is 342 g/mol. The normalized spacial score (nSPS) is 13.0. The van der Waals surface area contributed by atoms with Crippen LogP contribution in [0.3, 0.4) is 0 Å². The molecule has 3 heteroatoms. The van der Waals surface area contributed by atoms with E-state index in [-0.39, 0.29) is 13.2 Å². The van der Waals surface area contributed by atoms with Gasteiger partial charge in [0.1, 0.15) is 6.10 Å². The maximum Gasteiger partial charge on any atom is 0.100 e. The lowest BCUT2D eigenvalue weighted by atomic mass is 10.1. The Hall–Kier alpha value is -0.380. The fourth-order valence-corrected chi connectivity index (χ4v) is 2.72. The highest BCUT2D eigenvalue weighted by Gasteiger charge is 2.00. The standard InChI is InChI=1S/C21H42O3/c1-2-3-4-5-6-7-8-9-10-11-12-13-14-15-16-17-18-24-20-21(23)19-22/h9-10,21-23H,2-8,11-20H2,1H3/b10-9-/t21-/m0/s1. The Morgan fingerprint density at radius 2 is 1.25 bits per heavy atom. The quantitative estimate of drug-likeness (QED) is 0.244. The predicted molar refractivity (Wildman–Crippen MR) is 103 cm³/mol. The maximum absolute atomic E-state index is 9.11. The van der Waals surface area contributed by atoms with Gasteiger partial charge in [0.25, 0.3) is 0 Å². The van der Waals surface area contributed by atoms with Gasteiger partial charge in [0.05, 0.1) is 13.2 Å². The highest BCUT2D eigenvalue weighted by Crippen LogP contribution is 2.10. The van der Waals surface area contributed by atoms with E-state index in [4.69, 9.17) is 14.9 Å². The van der Waals surface area contributed by atoms with Crippen LogP contribution in [0, 0.1) is 0 Å². The lowest BCUT2D eigenvalue weighted by molar-refractivity contribution is 0.00526. The fraction of sp³-hybridized carbons (Fsp3) is 0.905. The molecule has 0 aliphatic carbocycles. The van der Waals surface area contributed by atoms with Gasteiger partial charge < -0.3 is 14.9 Å². The van der Waals surface area contributed by atoms with Crippen LogP contribution in [-0.4, -0.2) is 36.1 Å². The van der Waals surface area contributed by atoms with E-state index >= 15 is 0 Å². The summed E-state index contributed by atoms with van der Waals surface area (Å²) in [7, 11) is 0. The summed E-state index contributed by atoms with van der Waals surface area (Å²) in [6, 6.07) is 0. The highest BCUT2D eigenvalue weighted by atomic mass is 16.5. The molecule has 0 radical (unpaired) electrons. The van der Waals surface area contributed by atoms with Crippen molar-refractivity contribution in [1.29, 1.82) is 0 Å². The average molecular weight is 343 g/mol. The summed E-state index contributed by atoms with van der Waals surface area (Å²) >= 11 is 0. The second-order valence-electron chi connectivity index (χ2n) is 6.85. The van der Waals surface area contributed by atoms with Crippen molar-refractivity contribution in [3.8, 4) is 0 Å². The number of aliphatic hydroxyl groups is 2. The molecule has 3 nitrogen and oxygen atoms in total. The van der Waals surface area contributed by atoms with Crippen molar-refractivity contribution >= 4 is 0 Å². The first-order valence-corrected chi connectivity index (χ1v) is 10.3. The molecule has 0 spiro atoms. The van der Waals surface area contributed by atoms with Crippen LogP contribution >= 0.6 is 0 Å². The Morgan fingerprint density at radius 3 is 1.79 bits per heavy atom. The molecular weight excluding hydrogens is 300 g/mol. The molecule has 0 aliphatic heterocycles. The molecule has 0 fully saturated rings. The Balaban J connectivity index is 3.08. The topological polar surface area (TPSA) is 49.7 Å². The maximum atomic E-state index is 9.11. The molecule has 0 rings (SSSR count). The van der Waals surface area contributed by atoms with Crippen LogP contribution in [-0.2, 0) is 4.74 Å². The first kappa shape index (κ1) is 23.6. The van der Waals surface area contributed by atoms with Crippen molar-refractivity contribution in [2.45, 2.75) is 103 Å². The van der Waals surface area contributed by atoms with Gasteiger partial charge in [-0.15, -0.1) is 0 Å². The van der Waals surface area contributed by atoms with Gasteiger partial charge in [0.15, 0.2) is 0 Å². The minimum atomic E-state index is -0.723. The van der Waals surface area contributed by atoms with Crippen LogP contribution in [0.5, 0.6) is 0 Å². The van der Waals surface area contributed by atoms with Crippen LogP contribution in [0.1, 0.15) is 96.8 Å². The summed E-state index contributed by atoms with van der Waals surface area (Å²) in [5.74, 6) is 0. The van der Waals surface area contributed by atoms with Crippen LogP contribution < -0.4 is 0 Å². The second kappa shape index (κ2) is 20.7. The number of allylic oxidation sites excluding steroid dienone is 2. The van der Waals surface area contributed by atoms with Crippen LogP contribution in [0.25, 0.3) is 0 Å². The third kappa shape index (κ3) is 19.7. The molecule has 144 valence electrons. The second-order valence-corrected chi connectivity index (χ2v) is 6.85. The fourth-order valence-electron chi connectivity index (χ4n) is 2.72. The Morgan fingerprint density at radius 1 is 0.750 bits per heavy atom. The lowest BCUT2D eigenvalue weighted by Gasteiger charge is -2.07. The van der Waals surface area contributed by atoms with Gasteiger partial charge in [-0.1, -0.05) is 76.9 Å². The zero-order chi connectivity index (χ0) is 17.7. The number of unbranched alkanes of at least 4 members (excludes halogenated alkanes) is 12. The molecule has 0 amide bonds. The number of aliphatic hydroxyl groups excluding tert-OH is 2.